The standard InChI is InChI=1S/C26H37N3O2.ClH/c1-5-12-28-13-11-26(19-9-8-10-21(30)14-19)16-23-22(15-20(26)17-28)18(4)24(27-23)25(31)29(6-2)7-3;/h8-10,14,20,27,30H,5-7,11-13,15-17H2,1-4H3;1H/t20-,26+;/m0./s1. The van der Waals surface area contributed by atoms with E-state index in [1.54, 1.807) is 6.07 Å². The Hall–Kier alpha value is -1.98. The second-order valence-corrected chi connectivity index (χ2v) is 9.39. The molecular weight excluding hydrogens is 422 g/mol. The first-order valence-electron chi connectivity index (χ1n) is 11.9. The maximum absolute atomic E-state index is 13.1. The second kappa shape index (κ2) is 9.88. The molecule has 0 bridgehead atoms. The minimum atomic E-state index is 0. The number of carbonyl (C=O) groups excluding carboxylic acids is 1. The molecule has 4 rings (SSSR count). The summed E-state index contributed by atoms with van der Waals surface area (Å²) in [5, 5.41) is 10.2. The maximum atomic E-state index is 13.1. The molecular formula is C26H38ClN3O2. The highest BCUT2D eigenvalue weighted by Gasteiger charge is 2.48. The molecule has 6 heteroatoms. The van der Waals surface area contributed by atoms with E-state index in [-0.39, 0.29) is 23.7 Å². The van der Waals surface area contributed by atoms with Gasteiger partial charge in [-0.2, -0.15) is 0 Å². The minimum absolute atomic E-state index is 0. The third kappa shape index (κ3) is 4.17. The number of nitrogens with zero attached hydrogens (tertiary/aromatic N) is 2. The number of phenolic OH excluding ortho intramolecular Hbond substituents is 1. The van der Waals surface area contributed by atoms with Crippen molar-refractivity contribution < 1.29 is 9.90 Å². The SMILES string of the molecule is CCCN1CC[C@]2(c3cccc(O)c3)Cc3[nH]c(C(=O)N(CC)CC)c(C)c3C[C@H]2C1.Cl. The summed E-state index contributed by atoms with van der Waals surface area (Å²) in [6, 6.07) is 7.88. The van der Waals surface area contributed by atoms with Gasteiger partial charge in [-0.25, -0.2) is 0 Å². The Balaban J connectivity index is 0.00000289. The predicted octanol–water partition coefficient (Wildman–Crippen LogP) is 4.70. The fourth-order valence-electron chi connectivity index (χ4n) is 6.02. The molecule has 176 valence electrons. The molecule has 2 aliphatic rings. The van der Waals surface area contributed by atoms with E-state index in [1.807, 2.05) is 30.9 Å². The van der Waals surface area contributed by atoms with Crippen LogP contribution >= 0.6 is 12.4 Å². The van der Waals surface area contributed by atoms with Crippen LogP contribution in [0.4, 0.5) is 0 Å². The molecule has 1 aliphatic carbocycles. The van der Waals surface area contributed by atoms with Gasteiger partial charge in [-0.15, -0.1) is 12.4 Å². The highest BCUT2D eigenvalue weighted by Crippen LogP contribution is 2.49. The number of piperidine rings is 1. The lowest BCUT2D eigenvalue weighted by Gasteiger charge is -2.51. The Labute approximate surface area is 198 Å². The van der Waals surface area contributed by atoms with Crippen molar-refractivity contribution in [3.8, 4) is 5.75 Å². The third-order valence-electron chi connectivity index (χ3n) is 7.77. The maximum Gasteiger partial charge on any atom is 0.270 e. The van der Waals surface area contributed by atoms with Crippen molar-refractivity contribution in [3.63, 3.8) is 0 Å². The second-order valence-electron chi connectivity index (χ2n) is 9.39. The minimum Gasteiger partial charge on any atom is -0.508 e. The molecule has 32 heavy (non-hydrogen) atoms. The van der Waals surface area contributed by atoms with E-state index in [2.05, 4.69) is 29.8 Å². The van der Waals surface area contributed by atoms with Crippen molar-refractivity contribution >= 4 is 18.3 Å². The monoisotopic (exact) mass is 459 g/mol. The predicted molar refractivity (Wildman–Crippen MR) is 132 cm³/mol. The summed E-state index contributed by atoms with van der Waals surface area (Å²) < 4.78 is 0. The van der Waals surface area contributed by atoms with E-state index in [0.29, 0.717) is 11.7 Å². The highest BCUT2D eigenvalue weighted by atomic mass is 35.5. The molecule has 2 N–H and O–H groups in total. The lowest BCUT2D eigenvalue weighted by atomic mass is 9.58. The van der Waals surface area contributed by atoms with Crippen LogP contribution in [0.2, 0.25) is 0 Å². The number of benzene rings is 1. The van der Waals surface area contributed by atoms with Gasteiger partial charge in [-0.05, 0) is 94.3 Å². The Kier molecular flexibility index (Phi) is 7.61. The topological polar surface area (TPSA) is 59.6 Å². The quantitative estimate of drug-likeness (QED) is 0.658. The molecule has 1 aliphatic heterocycles. The van der Waals surface area contributed by atoms with Crippen LogP contribution in [0.5, 0.6) is 5.75 Å². The number of hydrogen-bond acceptors (Lipinski definition) is 3. The summed E-state index contributed by atoms with van der Waals surface area (Å²) in [5.74, 6) is 0.930. The van der Waals surface area contributed by atoms with E-state index in [0.717, 1.165) is 63.2 Å². The smallest absolute Gasteiger partial charge is 0.270 e. The van der Waals surface area contributed by atoms with Gasteiger partial charge >= 0.3 is 0 Å². The van der Waals surface area contributed by atoms with Gasteiger partial charge in [0.1, 0.15) is 11.4 Å². The van der Waals surface area contributed by atoms with Crippen LogP contribution in [-0.4, -0.2) is 58.5 Å². The Morgan fingerprint density at radius 2 is 2.03 bits per heavy atom. The number of fused-ring (bicyclic) bond motifs is 2. The lowest BCUT2D eigenvalue weighted by Crippen LogP contribution is -2.53. The first kappa shape index (κ1) is 24.7. The summed E-state index contributed by atoms with van der Waals surface area (Å²) in [5.41, 5.74) is 5.70. The molecule has 1 saturated heterocycles. The van der Waals surface area contributed by atoms with Crippen LogP contribution in [0.1, 0.15) is 66.5 Å². The van der Waals surface area contributed by atoms with E-state index in [1.165, 1.54) is 23.2 Å². The number of nitrogens with one attached hydrogen (secondary N) is 1. The number of aromatic amines is 1. The van der Waals surface area contributed by atoms with Crippen molar-refractivity contribution in [2.45, 2.75) is 58.8 Å². The van der Waals surface area contributed by atoms with Gasteiger partial charge in [-0.1, -0.05) is 19.1 Å². The summed E-state index contributed by atoms with van der Waals surface area (Å²) in [7, 11) is 0. The Bertz CT molecular complexity index is 953. The van der Waals surface area contributed by atoms with Crippen LogP contribution in [0.25, 0.3) is 0 Å². The van der Waals surface area contributed by atoms with E-state index >= 15 is 0 Å². The highest BCUT2D eigenvalue weighted by molar-refractivity contribution is 5.94. The van der Waals surface area contributed by atoms with Gasteiger partial charge < -0.3 is 19.9 Å². The van der Waals surface area contributed by atoms with Crippen molar-refractivity contribution in [3.05, 3.63) is 52.3 Å². The molecule has 1 amide bonds. The average Bonchev–Trinajstić information content (AvgIpc) is 3.08. The number of halogens is 1. The zero-order valence-corrected chi connectivity index (χ0v) is 20.7. The summed E-state index contributed by atoms with van der Waals surface area (Å²) in [4.78, 5) is 21.2. The van der Waals surface area contributed by atoms with Gasteiger partial charge in [0.25, 0.3) is 5.91 Å². The van der Waals surface area contributed by atoms with Gasteiger partial charge in [-0.3, -0.25) is 4.79 Å². The normalized spacial score (nSPS) is 22.6. The van der Waals surface area contributed by atoms with Crippen molar-refractivity contribution in [1.82, 2.24) is 14.8 Å². The molecule has 1 aromatic heterocycles. The molecule has 0 saturated carbocycles. The molecule has 5 nitrogen and oxygen atoms in total. The average molecular weight is 460 g/mol. The number of amides is 1. The third-order valence-corrected chi connectivity index (χ3v) is 7.77. The zero-order valence-electron chi connectivity index (χ0n) is 19.9. The number of likely N-dealkylation sites (tertiary alicyclic amines) is 1. The van der Waals surface area contributed by atoms with Gasteiger partial charge in [0.15, 0.2) is 0 Å². The molecule has 2 atom stereocenters. The number of carbonyl (C=O) groups is 1. The summed E-state index contributed by atoms with van der Waals surface area (Å²) in [6.07, 6.45) is 4.14. The molecule has 0 spiro atoms. The van der Waals surface area contributed by atoms with Crippen LogP contribution in [0.3, 0.4) is 0 Å². The van der Waals surface area contributed by atoms with Crippen molar-refractivity contribution in [2.75, 3.05) is 32.7 Å². The molecule has 1 fully saturated rings. The van der Waals surface area contributed by atoms with Crippen molar-refractivity contribution in [1.29, 1.82) is 0 Å². The Morgan fingerprint density at radius 3 is 2.69 bits per heavy atom. The number of rotatable bonds is 6. The van der Waals surface area contributed by atoms with E-state index < -0.39 is 0 Å². The largest absolute Gasteiger partial charge is 0.508 e. The number of H-pyrrole nitrogens is 1. The fourth-order valence-corrected chi connectivity index (χ4v) is 6.02. The van der Waals surface area contributed by atoms with Gasteiger partial charge in [0, 0.05) is 30.7 Å². The number of hydrogen-bond donors (Lipinski definition) is 2. The number of aromatic nitrogens is 1. The zero-order chi connectivity index (χ0) is 22.2. The van der Waals surface area contributed by atoms with Crippen molar-refractivity contribution in [2.24, 2.45) is 5.92 Å². The molecule has 2 aromatic rings. The molecule has 2 heterocycles. The van der Waals surface area contributed by atoms with Gasteiger partial charge in [0.05, 0.1) is 0 Å². The van der Waals surface area contributed by atoms with Crippen LogP contribution in [-0.2, 0) is 18.3 Å². The molecule has 0 unspecified atom stereocenters. The number of phenols is 1. The van der Waals surface area contributed by atoms with E-state index in [4.69, 9.17) is 0 Å². The first-order valence-corrected chi connectivity index (χ1v) is 11.9. The van der Waals surface area contributed by atoms with E-state index in [9.17, 15) is 9.90 Å². The Morgan fingerprint density at radius 1 is 1.28 bits per heavy atom. The fraction of sp³-hybridized carbons (Fsp3) is 0.577. The molecule has 0 radical (unpaired) electrons. The number of aromatic hydroxyl groups is 1. The molecule has 1 aromatic carbocycles. The van der Waals surface area contributed by atoms with Crippen LogP contribution < -0.4 is 0 Å². The van der Waals surface area contributed by atoms with Gasteiger partial charge in [0.2, 0.25) is 0 Å². The summed E-state index contributed by atoms with van der Waals surface area (Å²) in [6.45, 7) is 13.2. The summed E-state index contributed by atoms with van der Waals surface area (Å²) >= 11 is 0. The van der Waals surface area contributed by atoms with Crippen LogP contribution in [0, 0.1) is 12.8 Å². The lowest BCUT2D eigenvalue weighted by molar-refractivity contribution is 0.0766. The van der Waals surface area contributed by atoms with Crippen LogP contribution in [0.15, 0.2) is 24.3 Å². The first-order chi connectivity index (χ1) is 14.9.